The van der Waals surface area contributed by atoms with Crippen LogP contribution in [0.1, 0.15) is 13.8 Å². The summed E-state index contributed by atoms with van der Waals surface area (Å²) in [5, 5.41) is 2.44. The van der Waals surface area contributed by atoms with Crippen LogP contribution < -0.4 is 5.32 Å². The lowest BCUT2D eigenvalue weighted by Gasteiger charge is -2.37. The fourth-order valence-electron chi connectivity index (χ4n) is 1.42. The predicted molar refractivity (Wildman–Crippen MR) is 50.8 cm³/mol. The third-order valence-corrected chi connectivity index (χ3v) is 2.67. The van der Waals surface area contributed by atoms with Crippen LogP contribution in [-0.2, 0) is 14.2 Å². The molecule has 0 bridgehead atoms. The first kappa shape index (κ1) is 12.2. The Morgan fingerprint density at radius 2 is 2.00 bits per heavy atom. The van der Waals surface area contributed by atoms with Crippen LogP contribution in [0.2, 0.25) is 0 Å². The third kappa shape index (κ3) is 3.02. The first-order chi connectivity index (χ1) is 6.62. The second-order valence-corrected chi connectivity index (χ2v) is 5.59. The standard InChI is InChI=1S/C7H13N2O5P/c1-7(2)6(11)9(3-5(10)8-7)4-15(12,13)14/h3-4H2,1-2H3,(H,8,10)(H2,12,13,14). The quantitative estimate of drug-likeness (QED) is 0.525. The van der Waals surface area contributed by atoms with Crippen LogP contribution in [0, 0.1) is 0 Å². The minimum Gasteiger partial charge on any atom is -0.341 e. The molecule has 1 heterocycles. The summed E-state index contributed by atoms with van der Waals surface area (Å²) < 4.78 is 10.7. The lowest BCUT2D eigenvalue weighted by Crippen LogP contribution is -2.63. The molecule has 7 nitrogen and oxygen atoms in total. The van der Waals surface area contributed by atoms with Crippen molar-refractivity contribution in [3.63, 3.8) is 0 Å². The highest BCUT2D eigenvalue weighted by Crippen LogP contribution is 2.36. The maximum atomic E-state index is 11.6. The van der Waals surface area contributed by atoms with E-state index in [-0.39, 0.29) is 6.54 Å². The summed E-state index contributed by atoms with van der Waals surface area (Å²) in [7, 11) is -4.33. The van der Waals surface area contributed by atoms with E-state index in [2.05, 4.69) is 5.32 Å². The molecule has 1 saturated heterocycles. The van der Waals surface area contributed by atoms with Gasteiger partial charge in [0, 0.05) is 0 Å². The predicted octanol–water partition coefficient (Wildman–Crippen LogP) is -1.14. The van der Waals surface area contributed by atoms with Crippen molar-refractivity contribution in [2.24, 2.45) is 0 Å². The summed E-state index contributed by atoms with van der Waals surface area (Å²) >= 11 is 0. The van der Waals surface area contributed by atoms with Gasteiger partial charge in [0.2, 0.25) is 11.8 Å². The zero-order valence-electron chi connectivity index (χ0n) is 8.43. The molecule has 0 aromatic rings. The van der Waals surface area contributed by atoms with E-state index in [1.54, 1.807) is 0 Å². The van der Waals surface area contributed by atoms with Crippen molar-refractivity contribution in [1.29, 1.82) is 0 Å². The number of hydrogen-bond donors (Lipinski definition) is 3. The van der Waals surface area contributed by atoms with Crippen LogP contribution in [0.3, 0.4) is 0 Å². The van der Waals surface area contributed by atoms with Crippen molar-refractivity contribution >= 4 is 19.4 Å². The van der Waals surface area contributed by atoms with Gasteiger partial charge in [0.25, 0.3) is 0 Å². The van der Waals surface area contributed by atoms with Gasteiger partial charge in [-0.15, -0.1) is 0 Å². The molecule has 0 unspecified atom stereocenters. The largest absolute Gasteiger partial charge is 0.344 e. The van der Waals surface area contributed by atoms with Gasteiger partial charge in [-0.25, -0.2) is 0 Å². The van der Waals surface area contributed by atoms with Gasteiger partial charge in [-0.3, -0.25) is 14.2 Å². The van der Waals surface area contributed by atoms with Crippen LogP contribution >= 0.6 is 7.60 Å². The van der Waals surface area contributed by atoms with E-state index < -0.39 is 31.2 Å². The smallest absolute Gasteiger partial charge is 0.341 e. The second kappa shape index (κ2) is 3.59. The van der Waals surface area contributed by atoms with Crippen LogP contribution in [0.5, 0.6) is 0 Å². The minimum atomic E-state index is -4.33. The maximum absolute atomic E-state index is 11.6. The first-order valence-electron chi connectivity index (χ1n) is 4.27. The van der Waals surface area contributed by atoms with Gasteiger partial charge in [-0.05, 0) is 13.8 Å². The highest BCUT2D eigenvalue weighted by atomic mass is 31.2. The summed E-state index contributed by atoms with van der Waals surface area (Å²) in [4.78, 5) is 41.1. The molecule has 3 N–H and O–H groups in total. The van der Waals surface area contributed by atoms with Gasteiger partial charge in [0.1, 0.15) is 18.4 Å². The molecule has 1 fully saturated rings. The van der Waals surface area contributed by atoms with Crippen molar-refractivity contribution in [3.8, 4) is 0 Å². The van der Waals surface area contributed by atoms with E-state index in [1.807, 2.05) is 0 Å². The molecule has 1 rings (SSSR count). The SMILES string of the molecule is CC1(C)NC(=O)CN(CP(=O)(O)O)C1=O. The van der Waals surface area contributed by atoms with E-state index in [0.29, 0.717) is 0 Å². The number of piperazine rings is 1. The Labute approximate surface area is 86.6 Å². The Kier molecular flexibility index (Phi) is 2.91. The molecule has 0 saturated carbocycles. The summed E-state index contributed by atoms with van der Waals surface area (Å²) in [5.41, 5.74) is -1.11. The molecule has 15 heavy (non-hydrogen) atoms. The molecule has 0 aromatic heterocycles. The Bertz CT molecular complexity index is 347. The number of carbonyl (C=O) groups excluding carboxylic acids is 2. The monoisotopic (exact) mass is 236 g/mol. The molecule has 1 aliphatic rings. The fraction of sp³-hybridized carbons (Fsp3) is 0.714. The second-order valence-electron chi connectivity index (χ2n) is 3.98. The third-order valence-electron chi connectivity index (χ3n) is 1.96. The molecule has 8 heteroatoms. The number of hydrogen-bond acceptors (Lipinski definition) is 3. The maximum Gasteiger partial charge on any atom is 0.344 e. The normalized spacial score (nSPS) is 21.5. The molecule has 0 aliphatic carbocycles. The molecule has 0 aromatic carbocycles. The van der Waals surface area contributed by atoms with Gasteiger partial charge in [0.05, 0.1) is 0 Å². The molecule has 1 aliphatic heterocycles. The Morgan fingerprint density at radius 1 is 1.47 bits per heavy atom. The van der Waals surface area contributed by atoms with E-state index in [9.17, 15) is 14.2 Å². The Morgan fingerprint density at radius 3 is 2.47 bits per heavy atom. The van der Waals surface area contributed by atoms with Gasteiger partial charge >= 0.3 is 7.60 Å². The van der Waals surface area contributed by atoms with E-state index in [4.69, 9.17) is 9.79 Å². The molecule has 0 atom stereocenters. The topological polar surface area (TPSA) is 107 Å². The van der Waals surface area contributed by atoms with Gasteiger partial charge < -0.3 is 20.0 Å². The van der Waals surface area contributed by atoms with Gasteiger partial charge in [-0.1, -0.05) is 0 Å². The van der Waals surface area contributed by atoms with Crippen molar-refractivity contribution < 1.29 is 23.9 Å². The molecular weight excluding hydrogens is 223 g/mol. The Hall–Kier alpha value is -0.910. The highest BCUT2D eigenvalue weighted by molar-refractivity contribution is 7.51. The molecule has 0 radical (unpaired) electrons. The van der Waals surface area contributed by atoms with E-state index >= 15 is 0 Å². The Balaban J connectivity index is 2.85. The summed E-state index contributed by atoms with van der Waals surface area (Å²) in [5.74, 6) is -0.918. The van der Waals surface area contributed by atoms with Crippen LogP contribution in [0.25, 0.3) is 0 Å². The summed E-state index contributed by atoms with van der Waals surface area (Å²) in [6.07, 6.45) is -0.720. The minimum absolute atomic E-state index is 0.312. The zero-order chi connectivity index (χ0) is 11.9. The van der Waals surface area contributed by atoms with Crippen molar-refractivity contribution in [3.05, 3.63) is 0 Å². The molecule has 2 amide bonds. The highest BCUT2D eigenvalue weighted by Gasteiger charge is 2.40. The number of nitrogens with one attached hydrogen (secondary N) is 1. The lowest BCUT2D eigenvalue weighted by atomic mass is 10.0. The lowest BCUT2D eigenvalue weighted by molar-refractivity contribution is -0.147. The zero-order valence-corrected chi connectivity index (χ0v) is 9.32. The first-order valence-corrected chi connectivity index (χ1v) is 6.06. The number of rotatable bonds is 2. The number of amides is 2. The summed E-state index contributed by atoms with van der Waals surface area (Å²) in [6.45, 7) is 2.66. The van der Waals surface area contributed by atoms with Crippen molar-refractivity contribution in [2.75, 3.05) is 12.8 Å². The van der Waals surface area contributed by atoms with Crippen molar-refractivity contribution in [1.82, 2.24) is 10.2 Å². The van der Waals surface area contributed by atoms with Crippen LogP contribution in [-0.4, -0.2) is 44.9 Å². The molecule has 0 spiro atoms. The molecular formula is C7H13N2O5P. The number of nitrogens with zero attached hydrogens (tertiary/aromatic N) is 1. The fourth-order valence-corrected chi connectivity index (χ4v) is 2.09. The van der Waals surface area contributed by atoms with Crippen molar-refractivity contribution in [2.45, 2.75) is 19.4 Å². The van der Waals surface area contributed by atoms with Crippen LogP contribution in [0.4, 0.5) is 0 Å². The van der Waals surface area contributed by atoms with Crippen LogP contribution in [0.15, 0.2) is 0 Å². The van der Waals surface area contributed by atoms with E-state index in [0.717, 1.165) is 4.90 Å². The average Bonchev–Trinajstić information content (AvgIpc) is 1.95. The summed E-state index contributed by atoms with van der Waals surface area (Å²) in [6, 6.07) is 0. The average molecular weight is 236 g/mol. The molecule has 86 valence electrons. The van der Waals surface area contributed by atoms with Gasteiger partial charge in [-0.2, -0.15) is 0 Å². The number of carbonyl (C=O) groups is 2. The van der Waals surface area contributed by atoms with Gasteiger partial charge in [0.15, 0.2) is 0 Å². The van der Waals surface area contributed by atoms with E-state index in [1.165, 1.54) is 13.8 Å².